The second-order valence-corrected chi connectivity index (χ2v) is 12.3. The van der Waals surface area contributed by atoms with Crippen molar-refractivity contribution in [3.05, 3.63) is 23.8 Å². The Morgan fingerprint density at radius 3 is 2.46 bits per heavy atom. The first-order valence-corrected chi connectivity index (χ1v) is 12.4. The molecule has 35 heavy (non-hydrogen) atoms. The first kappa shape index (κ1) is 26.0. The van der Waals surface area contributed by atoms with Gasteiger partial charge in [0.05, 0.1) is 18.6 Å². The van der Waals surface area contributed by atoms with Crippen LogP contribution in [0.5, 0.6) is 0 Å². The fraction of sp³-hybridized carbons (Fsp3) is 0.741. The number of esters is 2. The van der Waals surface area contributed by atoms with Crippen LogP contribution in [0.4, 0.5) is 4.39 Å². The number of ketones is 1. The van der Waals surface area contributed by atoms with E-state index in [0.717, 1.165) is 7.11 Å². The summed E-state index contributed by atoms with van der Waals surface area (Å²) in [4.78, 5) is 37.6. The van der Waals surface area contributed by atoms with E-state index < -0.39 is 57.6 Å². The van der Waals surface area contributed by atoms with Crippen molar-refractivity contribution < 1.29 is 38.5 Å². The number of hydrogen-bond acceptors (Lipinski definition) is 7. The molecule has 0 heterocycles. The number of fused-ring (bicyclic) bond motifs is 5. The lowest BCUT2D eigenvalue weighted by Gasteiger charge is -2.63. The molecule has 0 aliphatic heterocycles. The molecule has 2 N–H and O–H groups in total. The van der Waals surface area contributed by atoms with Crippen LogP contribution < -0.4 is 0 Å². The van der Waals surface area contributed by atoms with Crippen LogP contribution in [0.25, 0.3) is 0 Å². The monoisotopic (exact) mass is 492 g/mol. The van der Waals surface area contributed by atoms with Crippen molar-refractivity contribution in [2.75, 3.05) is 7.11 Å². The molecule has 8 atom stereocenters. The lowest BCUT2D eigenvalue weighted by molar-refractivity contribution is -0.242. The van der Waals surface area contributed by atoms with Crippen molar-refractivity contribution in [3.63, 3.8) is 0 Å². The summed E-state index contributed by atoms with van der Waals surface area (Å²) in [5.41, 5.74) is -6.41. The minimum Gasteiger partial charge on any atom is -0.466 e. The van der Waals surface area contributed by atoms with Gasteiger partial charge in [-0.1, -0.05) is 18.6 Å². The van der Waals surface area contributed by atoms with E-state index >= 15 is 4.39 Å². The predicted octanol–water partition coefficient (Wildman–Crippen LogP) is 3.22. The van der Waals surface area contributed by atoms with Gasteiger partial charge in [-0.3, -0.25) is 9.59 Å². The lowest BCUT2D eigenvalue weighted by atomic mass is 9.44. The Balaban J connectivity index is 1.76. The van der Waals surface area contributed by atoms with E-state index in [1.807, 2.05) is 0 Å². The van der Waals surface area contributed by atoms with Crippen molar-refractivity contribution in [2.24, 2.45) is 28.1 Å². The molecule has 0 spiro atoms. The average molecular weight is 493 g/mol. The van der Waals surface area contributed by atoms with Gasteiger partial charge in [0.1, 0.15) is 5.60 Å². The number of hydrogen-bond donors (Lipinski definition) is 2. The van der Waals surface area contributed by atoms with E-state index in [4.69, 9.17) is 9.47 Å². The van der Waals surface area contributed by atoms with Crippen LogP contribution in [0, 0.1) is 28.1 Å². The highest BCUT2D eigenvalue weighted by molar-refractivity contribution is 6.01. The van der Waals surface area contributed by atoms with Gasteiger partial charge in [-0.05, 0) is 77.9 Å². The largest absolute Gasteiger partial charge is 0.466 e. The minimum atomic E-state index is -2.05. The lowest BCUT2D eigenvalue weighted by Crippen LogP contribution is -2.70. The van der Waals surface area contributed by atoms with Crippen LogP contribution >= 0.6 is 0 Å². The maximum absolute atomic E-state index is 17.2. The first-order chi connectivity index (χ1) is 16.1. The molecule has 0 saturated heterocycles. The second-order valence-electron chi connectivity index (χ2n) is 12.3. The molecule has 0 amide bonds. The molecule has 0 aromatic carbocycles. The first-order valence-electron chi connectivity index (χ1n) is 12.4. The molecular weight excluding hydrogens is 455 g/mol. The highest BCUT2D eigenvalue weighted by Gasteiger charge is 2.75. The Morgan fingerprint density at radius 1 is 1.20 bits per heavy atom. The molecular formula is C27H37FO7. The van der Waals surface area contributed by atoms with Gasteiger partial charge >= 0.3 is 11.9 Å². The molecule has 7 nitrogen and oxygen atoms in total. The van der Waals surface area contributed by atoms with Gasteiger partial charge in [0.2, 0.25) is 6.10 Å². The van der Waals surface area contributed by atoms with E-state index in [9.17, 15) is 24.6 Å². The quantitative estimate of drug-likeness (QED) is 0.582. The highest BCUT2D eigenvalue weighted by atomic mass is 19.1. The van der Waals surface area contributed by atoms with Crippen LogP contribution in [0.2, 0.25) is 0 Å². The maximum Gasteiger partial charge on any atom is 0.350 e. The Bertz CT molecular complexity index is 1010. The Hall–Kier alpha value is -2.06. The smallest absolute Gasteiger partial charge is 0.350 e. The predicted molar refractivity (Wildman–Crippen MR) is 125 cm³/mol. The number of halogens is 1. The number of carbonyl (C=O) groups excluding carboxylic acids is 3. The van der Waals surface area contributed by atoms with Crippen LogP contribution in [-0.2, 0) is 23.9 Å². The van der Waals surface area contributed by atoms with Gasteiger partial charge in [-0.25, -0.2) is 9.18 Å². The molecule has 0 aromatic heterocycles. The zero-order valence-corrected chi connectivity index (χ0v) is 21.4. The Labute approximate surface area is 205 Å². The number of aliphatic hydroxyl groups excluding tert-OH is 1. The van der Waals surface area contributed by atoms with Gasteiger partial charge in [0.15, 0.2) is 11.5 Å². The average Bonchev–Trinajstić information content (AvgIpc) is 3.03. The van der Waals surface area contributed by atoms with Gasteiger partial charge in [0.25, 0.3) is 0 Å². The van der Waals surface area contributed by atoms with E-state index in [2.05, 4.69) is 0 Å². The summed E-state index contributed by atoms with van der Waals surface area (Å²) >= 11 is 0. The van der Waals surface area contributed by atoms with E-state index in [-0.39, 0.29) is 24.5 Å². The fourth-order valence-corrected chi connectivity index (χ4v) is 7.41. The molecule has 3 fully saturated rings. The van der Waals surface area contributed by atoms with E-state index in [1.165, 1.54) is 12.2 Å². The zero-order chi connectivity index (χ0) is 26.2. The number of carbonyl (C=O) groups is 3. The van der Waals surface area contributed by atoms with Crippen molar-refractivity contribution >= 4 is 17.7 Å². The normalized spacial score (nSPS) is 43.4. The van der Waals surface area contributed by atoms with Crippen LogP contribution in [0.3, 0.4) is 0 Å². The second kappa shape index (κ2) is 7.97. The maximum atomic E-state index is 17.2. The Morgan fingerprint density at radius 2 is 1.86 bits per heavy atom. The summed E-state index contributed by atoms with van der Waals surface area (Å²) < 4.78 is 27.7. The minimum absolute atomic E-state index is 0.0956. The third-order valence-corrected chi connectivity index (χ3v) is 9.54. The third-order valence-electron chi connectivity index (χ3n) is 9.54. The number of ether oxygens (including phenoxy) is 2. The molecule has 3 saturated carbocycles. The van der Waals surface area contributed by atoms with Crippen molar-refractivity contribution in [3.8, 4) is 0 Å². The van der Waals surface area contributed by atoms with E-state index in [1.54, 1.807) is 40.7 Å². The summed E-state index contributed by atoms with van der Waals surface area (Å²) in [5.74, 6) is -2.74. The fourth-order valence-electron chi connectivity index (χ4n) is 7.41. The summed E-state index contributed by atoms with van der Waals surface area (Å²) in [6, 6.07) is 0. The van der Waals surface area contributed by atoms with Gasteiger partial charge in [-0.15, -0.1) is 0 Å². The molecule has 4 aliphatic carbocycles. The number of alkyl halides is 1. The number of allylic oxidation sites excluding steroid dienone is 4. The van der Waals surface area contributed by atoms with Crippen molar-refractivity contribution in [2.45, 2.75) is 90.2 Å². The van der Waals surface area contributed by atoms with E-state index in [0.29, 0.717) is 24.8 Å². The topological polar surface area (TPSA) is 110 Å². The number of rotatable bonds is 3. The van der Waals surface area contributed by atoms with Crippen LogP contribution in [0.15, 0.2) is 23.8 Å². The molecule has 0 aromatic rings. The molecule has 0 bridgehead atoms. The SMILES string of the molecule is COC(=O)[C@H](OC(=O)C(C)(C)C)[C@@]1(O)CC[C@H]2[C@@H]3CCC4=CC(=O)C=C[C@]4(C)[C@@]3(F)[C@@H](O)C[C@@]21C. The molecule has 4 rings (SSSR count). The summed E-state index contributed by atoms with van der Waals surface area (Å²) in [6.07, 6.45) is 2.60. The summed E-state index contributed by atoms with van der Waals surface area (Å²) in [5, 5.41) is 23.5. The van der Waals surface area contributed by atoms with Gasteiger partial charge in [-0.2, -0.15) is 0 Å². The third kappa shape index (κ3) is 3.39. The van der Waals surface area contributed by atoms with Crippen molar-refractivity contribution in [1.82, 2.24) is 0 Å². The molecule has 194 valence electrons. The van der Waals surface area contributed by atoms with Gasteiger partial charge in [0, 0.05) is 16.7 Å². The highest BCUT2D eigenvalue weighted by Crippen LogP contribution is 2.70. The molecule has 0 radical (unpaired) electrons. The number of methoxy groups -OCH3 is 1. The molecule has 8 heteroatoms. The standard InChI is InChI=1S/C27H37FO7/c1-23(2,3)22(32)35-20(21(31)34-6)26(33)12-10-17-18-8-7-15-13-16(29)9-11-24(15,4)27(18,28)19(30)14-25(17,26)5/h9,11,13,17-20,30,33H,7-8,10,12,14H2,1-6H3/t17-,18-,19-,20-,24-,25-,26-,27-/m0/s1. The van der Waals surface area contributed by atoms with Crippen LogP contribution in [0.1, 0.15) is 66.7 Å². The zero-order valence-electron chi connectivity index (χ0n) is 21.4. The molecule has 0 unspecified atom stereocenters. The van der Waals surface area contributed by atoms with Crippen LogP contribution in [-0.4, -0.2) is 58.5 Å². The van der Waals surface area contributed by atoms with Crippen molar-refractivity contribution in [1.29, 1.82) is 0 Å². The Kier molecular flexibility index (Phi) is 5.92. The molecule has 4 aliphatic rings. The summed E-state index contributed by atoms with van der Waals surface area (Å²) in [7, 11) is 1.16. The summed E-state index contributed by atoms with van der Waals surface area (Å²) in [6.45, 7) is 8.41. The van der Waals surface area contributed by atoms with Gasteiger partial charge < -0.3 is 19.7 Å². The number of aliphatic hydroxyl groups is 2.